The SMILES string of the molecule is O=C(O)CN(CCN(CC(=O)O)CC(=O)O)CC(=O)O.OCC(O)CO.[H-].[Na+]. The number of aliphatic carboxylic acids is 4. The summed E-state index contributed by atoms with van der Waals surface area (Å²) in [6.45, 7) is -2.98. The molecule has 0 unspecified atom stereocenters. The van der Waals surface area contributed by atoms with E-state index in [4.69, 9.17) is 35.7 Å². The topological polar surface area (TPSA) is 216 Å². The van der Waals surface area contributed by atoms with Gasteiger partial charge in [-0.25, -0.2) is 0 Å². The Morgan fingerprint density at radius 2 is 0.889 bits per heavy atom. The Kier molecular flexibility index (Phi) is 20.3. The molecule has 0 atom stereocenters. The van der Waals surface area contributed by atoms with E-state index in [-0.39, 0.29) is 57.3 Å². The predicted octanol–water partition coefficient (Wildman–Crippen LogP) is -6.62. The average Bonchev–Trinajstić information content (AvgIpc) is 2.50. The number of hydrogen-bond donors (Lipinski definition) is 7. The minimum absolute atomic E-state index is 0. The van der Waals surface area contributed by atoms with Gasteiger partial charge in [0.15, 0.2) is 0 Å². The standard InChI is InChI=1S/C10H16N2O8.C3H8O3.Na.H/c13-7(14)3-11(4-8(15)16)1-2-12(5-9(17)18)6-10(19)20;4-1-3(6)2-5;;/h1-6H2,(H,13,14)(H,15,16)(H,17,18)(H,19,20);3-6H,1-2H2;;/q;;+1;-1. The molecule has 0 bridgehead atoms. The average molecular weight is 408 g/mol. The van der Waals surface area contributed by atoms with E-state index in [1.165, 1.54) is 0 Å². The van der Waals surface area contributed by atoms with Gasteiger partial charge in [-0.05, 0) is 0 Å². The number of hydrogen-bond acceptors (Lipinski definition) is 9. The van der Waals surface area contributed by atoms with Gasteiger partial charge >= 0.3 is 53.4 Å². The van der Waals surface area contributed by atoms with Gasteiger partial charge in [0.25, 0.3) is 0 Å². The van der Waals surface area contributed by atoms with Crippen molar-refractivity contribution in [1.29, 1.82) is 0 Å². The van der Waals surface area contributed by atoms with Gasteiger partial charge in [-0.2, -0.15) is 0 Å². The summed E-state index contributed by atoms with van der Waals surface area (Å²) in [6.07, 6.45) is -0.954. The van der Waals surface area contributed by atoms with Crippen LogP contribution in [0.4, 0.5) is 0 Å². The first-order chi connectivity index (χ1) is 12.0. The van der Waals surface area contributed by atoms with Crippen LogP contribution in [0.2, 0.25) is 0 Å². The molecule has 0 heterocycles. The Bertz CT molecular complexity index is 398. The first-order valence-corrected chi connectivity index (χ1v) is 7.23. The molecule has 0 rings (SSSR count). The van der Waals surface area contributed by atoms with E-state index in [1.807, 2.05) is 0 Å². The number of aliphatic hydroxyl groups excluding tert-OH is 3. The molecule has 0 saturated carbocycles. The van der Waals surface area contributed by atoms with Gasteiger partial charge in [-0.1, -0.05) is 0 Å². The number of carboxylic acids is 4. The largest absolute Gasteiger partial charge is 1.00 e. The van der Waals surface area contributed by atoms with Gasteiger partial charge in [0.2, 0.25) is 0 Å². The van der Waals surface area contributed by atoms with E-state index in [9.17, 15) is 19.2 Å². The van der Waals surface area contributed by atoms with Crippen molar-refractivity contribution in [3.63, 3.8) is 0 Å². The zero-order valence-corrected chi connectivity index (χ0v) is 16.9. The Morgan fingerprint density at radius 1 is 0.667 bits per heavy atom. The molecule has 0 amide bonds. The quantitative estimate of drug-likeness (QED) is 0.141. The maximum absolute atomic E-state index is 10.6. The number of aliphatic hydroxyl groups is 3. The number of rotatable bonds is 13. The second-order valence-electron chi connectivity index (χ2n) is 5.02. The van der Waals surface area contributed by atoms with Crippen molar-refractivity contribution >= 4 is 23.9 Å². The van der Waals surface area contributed by atoms with Crippen molar-refractivity contribution in [2.45, 2.75) is 6.10 Å². The fourth-order valence-electron chi connectivity index (χ4n) is 1.53. The molecule has 0 aromatic heterocycles. The van der Waals surface area contributed by atoms with Crippen molar-refractivity contribution in [3.05, 3.63) is 0 Å². The molecule has 14 heteroatoms. The van der Waals surface area contributed by atoms with Crippen molar-refractivity contribution in [2.75, 3.05) is 52.5 Å². The molecule has 0 aliphatic rings. The molecular formula is C13H25N2NaO11. The van der Waals surface area contributed by atoms with E-state index >= 15 is 0 Å². The van der Waals surface area contributed by atoms with E-state index in [0.29, 0.717) is 0 Å². The summed E-state index contributed by atoms with van der Waals surface area (Å²) in [4.78, 5) is 44.4. The van der Waals surface area contributed by atoms with E-state index < -0.39 is 56.2 Å². The molecule has 0 radical (unpaired) electrons. The summed E-state index contributed by atoms with van der Waals surface area (Å²) < 4.78 is 0. The Balaban J connectivity index is -0.000000312. The summed E-state index contributed by atoms with van der Waals surface area (Å²) in [5.41, 5.74) is 0. The van der Waals surface area contributed by atoms with Gasteiger partial charge in [-0.15, -0.1) is 0 Å². The van der Waals surface area contributed by atoms with Gasteiger partial charge in [0.05, 0.1) is 39.4 Å². The van der Waals surface area contributed by atoms with Gasteiger partial charge < -0.3 is 37.2 Å². The molecule has 0 saturated heterocycles. The van der Waals surface area contributed by atoms with Crippen LogP contribution in [0.1, 0.15) is 1.43 Å². The van der Waals surface area contributed by atoms with E-state index in [1.54, 1.807) is 0 Å². The zero-order valence-electron chi connectivity index (χ0n) is 15.9. The molecule has 154 valence electrons. The Morgan fingerprint density at radius 3 is 1.00 bits per heavy atom. The molecule has 0 aliphatic heterocycles. The van der Waals surface area contributed by atoms with Crippen molar-refractivity contribution < 1.29 is 85.9 Å². The monoisotopic (exact) mass is 408 g/mol. The molecule has 0 aromatic rings. The van der Waals surface area contributed by atoms with Gasteiger partial charge in [0.1, 0.15) is 6.10 Å². The Hall–Kier alpha value is -1.32. The van der Waals surface area contributed by atoms with Crippen LogP contribution in [0.3, 0.4) is 0 Å². The van der Waals surface area contributed by atoms with Crippen LogP contribution in [0.5, 0.6) is 0 Å². The fraction of sp³-hybridized carbons (Fsp3) is 0.692. The minimum Gasteiger partial charge on any atom is -1.00 e. The summed E-state index contributed by atoms with van der Waals surface area (Å²) in [7, 11) is 0. The smallest absolute Gasteiger partial charge is 1.00 e. The zero-order chi connectivity index (χ0) is 20.7. The summed E-state index contributed by atoms with van der Waals surface area (Å²) in [5.74, 6) is -4.91. The van der Waals surface area contributed by atoms with Crippen LogP contribution in [-0.2, 0) is 19.2 Å². The number of nitrogens with zero attached hydrogens (tertiary/aromatic N) is 2. The van der Waals surface area contributed by atoms with E-state index in [0.717, 1.165) is 9.80 Å². The third kappa shape index (κ3) is 22.6. The van der Waals surface area contributed by atoms with Crippen LogP contribution in [-0.4, -0.2) is 128 Å². The third-order valence-corrected chi connectivity index (χ3v) is 2.59. The molecular weight excluding hydrogens is 383 g/mol. The molecule has 13 nitrogen and oxygen atoms in total. The summed E-state index contributed by atoms with van der Waals surface area (Å²) in [5, 5.41) is 58.5. The summed E-state index contributed by atoms with van der Waals surface area (Å²) >= 11 is 0. The van der Waals surface area contributed by atoms with Crippen LogP contribution in [0.15, 0.2) is 0 Å². The molecule has 7 N–H and O–H groups in total. The van der Waals surface area contributed by atoms with Crippen LogP contribution >= 0.6 is 0 Å². The normalized spacial score (nSPS) is 10.1. The second kappa shape index (κ2) is 18.1. The van der Waals surface area contributed by atoms with Crippen molar-refractivity contribution in [2.24, 2.45) is 0 Å². The molecule has 0 spiro atoms. The van der Waals surface area contributed by atoms with Crippen LogP contribution < -0.4 is 29.6 Å². The predicted molar refractivity (Wildman–Crippen MR) is 84.7 cm³/mol. The molecule has 0 aliphatic carbocycles. The first kappa shape index (κ1) is 30.4. The Labute approximate surface area is 178 Å². The third-order valence-electron chi connectivity index (χ3n) is 2.59. The van der Waals surface area contributed by atoms with Crippen LogP contribution in [0.25, 0.3) is 0 Å². The van der Waals surface area contributed by atoms with Crippen LogP contribution in [0, 0.1) is 0 Å². The molecule has 0 fully saturated rings. The fourth-order valence-corrected chi connectivity index (χ4v) is 1.53. The number of carbonyl (C=O) groups is 4. The second-order valence-corrected chi connectivity index (χ2v) is 5.02. The maximum Gasteiger partial charge on any atom is 1.00 e. The molecule has 27 heavy (non-hydrogen) atoms. The van der Waals surface area contributed by atoms with E-state index in [2.05, 4.69) is 0 Å². The van der Waals surface area contributed by atoms with Gasteiger partial charge in [-0.3, -0.25) is 29.0 Å². The van der Waals surface area contributed by atoms with Crippen molar-refractivity contribution in [1.82, 2.24) is 9.80 Å². The minimum atomic E-state index is -1.23. The summed E-state index contributed by atoms with van der Waals surface area (Å²) in [6, 6.07) is 0. The number of carboxylic acid groups (broad SMARTS) is 4. The van der Waals surface area contributed by atoms with Crippen molar-refractivity contribution in [3.8, 4) is 0 Å². The first-order valence-electron chi connectivity index (χ1n) is 7.23. The van der Waals surface area contributed by atoms with Gasteiger partial charge in [0, 0.05) is 13.1 Å². The molecule has 0 aromatic carbocycles. The maximum atomic E-state index is 10.6.